The van der Waals surface area contributed by atoms with Crippen LogP contribution in [0.5, 0.6) is 0 Å². The molecule has 3 aliphatic heterocycles. The SMILES string of the molecule is O=C(NCCCSc1ccccc1)N1C[C@H]2[C@H](C1)[C@H]1CC[C@H]2O1. The summed E-state index contributed by atoms with van der Waals surface area (Å²) in [5.41, 5.74) is 0. The molecule has 3 saturated heterocycles. The molecule has 0 spiro atoms. The van der Waals surface area contributed by atoms with Crippen LogP contribution in [0.4, 0.5) is 4.79 Å². The minimum atomic E-state index is 0.114. The van der Waals surface area contributed by atoms with Gasteiger partial charge in [-0.3, -0.25) is 0 Å². The molecule has 0 unspecified atom stereocenters. The molecule has 2 bridgehead atoms. The van der Waals surface area contributed by atoms with Gasteiger partial charge in [0.1, 0.15) is 0 Å². The fourth-order valence-corrected chi connectivity index (χ4v) is 5.09. The largest absolute Gasteiger partial charge is 0.374 e. The Morgan fingerprint density at radius 2 is 1.87 bits per heavy atom. The summed E-state index contributed by atoms with van der Waals surface area (Å²) >= 11 is 1.85. The fourth-order valence-electron chi connectivity index (χ4n) is 4.21. The minimum Gasteiger partial charge on any atom is -0.374 e. The molecular formula is C18H24N2O2S. The van der Waals surface area contributed by atoms with Crippen LogP contribution in [0.3, 0.4) is 0 Å². The Bertz CT molecular complexity index is 535. The quantitative estimate of drug-likeness (QED) is 0.666. The molecule has 0 aliphatic carbocycles. The molecule has 2 amide bonds. The zero-order valence-electron chi connectivity index (χ0n) is 13.3. The van der Waals surface area contributed by atoms with Gasteiger partial charge in [0.05, 0.1) is 12.2 Å². The third-order valence-corrected chi connectivity index (χ3v) is 6.45. The Kier molecular flexibility index (Phi) is 4.49. The van der Waals surface area contributed by atoms with E-state index < -0.39 is 0 Å². The molecule has 3 heterocycles. The van der Waals surface area contributed by atoms with Crippen molar-refractivity contribution < 1.29 is 9.53 Å². The first-order chi connectivity index (χ1) is 11.3. The molecule has 124 valence electrons. The van der Waals surface area contributed by atoms with E-state index >= 15 is 0 Å². The maximum absolute atomic E-state index is 12.3. The third kappa shape index (κ3) is 3.22. The lowest BCUT2D eigenvalue weighted by molar-refractivity contribution is 0.0739. The van der Waals surface area contributed by atoms with E-state index in [1.807, 2.05) is 22.7 Å². The standard InChI is InChI=1S/C18H24N2O2S/c21-18(19-9-4-10-23-13-5-2-1-3-6-13)20-11-14-15(12-20)17-8-7-16(14)22-17/h1-3,5-6,14-17H,4,7-12H2,(H,19,21)/t14-,15-,16+,17+/m0/s1. The monoisotopic (exact) mass is 332 g/mol. The predicted molar refractivity (Wildman–Crippen MR) is 91.6 cm³/mol. The molecule has 3 aliphatic rings. The second kappa shape index (κ2) is 6.73. The van der Waals surface area contributed by atoms with Crippen LogP contribution in [0.2, 0.25) is 0 Å². The van der Waals surface area contributed by atoms with E-state index in [0.29, 0.717) is 24.0 Å². The van der Waals surface area contributed by atoms with E-state index in [4.69, 9.17) is 4.74 Å². The van der Waals surface area contributed by atoms with Gasteiger partial charge in [0, 0.05) is 36.4 Å². The van der Waals surface area contributed by atoms with Crippen molar-refractivity contribution >= 4 is 17.8 Å². The highest BCUT2D eigenvalue weighted by atomic mass is 32.2. The van der Waals surface area contributed by atoms with Crippen LogP contribution >= 0.6 is 11.8 Å². The molecule has 1 N–H and O–H groups in total. The molecule has 0 aromatic heterocycles. The zero-order chi connectivity index (χ0) is 15.6. The zero-order valence-corrected chi connectivity index (χ0v) is 14.1. The second-order valence-corrected chi connectivity index (χ2v) is 7.94. The molecule has 4 rings (SSSR count). The first-order valence-corrected chi connectivity index (χ1v) is 9.66. The molecule has 1 aromatic carbocycles. The molecule has 4 nitrogen and oxygen atoms in total. The topological polar surface area (TPSA) is 41.6 Å². The average Bonchev–Trinajstić information content (AvgIpc) is 3.28. The number of carbonyl (C=O) groups excluding carboxylic acids is 1. The lowest BCUT2D eigenvalue weighted by Crippen LogP contribution is -2.40. The van der Waals surface area contributed by atoms with Crippen molar-refractivity contribution in [3.05, 3.63) is 30.3 Å². The van der Waals surface area contributed by atoms with Gasteiger partial charge in [-0.25, -0.2) is 4.79 Å². The number of likely N-dealkylation sites (tertiary alicyclic amines) is 1. The van der Waals surface area contributed by atoms with Gasteiger partial charge < -0.3 is 15.0 Å². The highest BCUT2D eigenvalue weighted by Gasteiger charge is 2.53. The minimum absolute atomic E-state index is 0.114. The fraction of sp³-hybridized carbons (Fsp3) is 0.611. The predicted octanol–water partition coefficient (Wildman–Crippen LogP) is 2.99. The molecule has 5 heteroatoms. The van der Waals surface area contributed by atoms with E-state index in [1.165, 1.54) is 17.7 Å². The number of amides is 2. The Morgan fingerprint density at radius 1 is 1.17 bits per heavy atom. The Balaban J connectivity index is 1.16. The summed E-state index contributed by atoms with van der Waals surface area (Å²) in [4.78, 5) is 15.6. The Hall–Kier alpha value is -1.20. The van der Waals surface area contributed by atoms with Crippen molar-refractivity contribution in [3.8, 4) is 0 Å². The Morgan fingerprint density at radius 3 is 2.57 bits per heavy atom. The summed E-state index contributed by atoms with van der Waals surface area (Å²) in [5, 5.41) is 3.08. The van der Waals surface area contributed by atoms with Gasteiger partial charge in [-0.2, -0.15) is 0 Å². The number of thioether (sulfide) groups is 1. The number of rotatable bonds is 5. The first kappa shape index (κ1) is 15.3. The van der Waals surface area contributed by atoms with Gasteiger partial charge in [0.25, 0.3) is 0 Å². The lowest BCUT2D eigenvalue weighted by Gasteiger charge is -2.19. The lowest BCUT2D eigenvalue weighted by atomic mass is 9.82. The summed E-state index contributed by atoms with van der Waals surface area (Å²) in [6.07, 6.45) is 4.23. The summed E-state index contributed by atoms with van der Waals surface area (Å²) < 4.78 is 5.96. The van der Waals surface area contributed by atoms with E-state index in [-0.39, 0.29) is 6.03 Å². The van der Waals surface area contributed by atoms with E-state index in [9.17, 15) is 4.79 Å². The smallest absolute Gasteiger partial charge is 0.317 e. The molecule has 4 atom stereocenters. The number of urea groups is 1. The third-order valence-electron chi connectivity index (χ3n) is 5.35. The highest BCUT2D eigenvalue weighted by Crippen LogP contribution is 2.47. The van der Waals surface area contributed by atoms with Crippen molar-refractivity contribution in [2.24, 2.45) is 11.8 Å². The molecule has 0 saturated carbocycles. The number of carbonyl (C=O) groups is 1. The highest BCUT2D eigenvalue weighted by molar-refractivity contribution is 7.99. The van der Waals surface area contributed by atoms with Gasteiger partial charge in [0.15, 0.2) is 0 Å². The van der Waals surface area contributed by atoms with Crippen molar-refractivity contribution in [2.75, 3.05) is 25.4 Å². The average molecular weight is 332 g/mol. The maximum atomic E-state index is 12.3. The summed E-state index contributed by atoms with van der Waals surface area (Å²) in [5.74, 6) is 2.22. The van der Waals surface area contributed by atoms with Crippen LogP contribution in [0.15, 0.2) is 35.2 Å². The Labute approximate surface area is 142 Å². The number of benzene rings is 1. The number of fused-ring (bicyclic) bond motifs is 5. The molecular weight excluding hydrogens is 308 g/mol. The molecule has 23 heavy (non-hydrogen) atoms. The molecule has 1 aromatic rings. The van der Waals surface area contributed by atoms with E-state index in [2.05, 4.69) is 29.6 Å². The van der Waals surface area contributed by atoms with Crippen molar-refractivity contribution in [3.63, 3.8) is 0 Å². The second-order valence-electron chi connectivity index (χ2n) is 6.77. The van der Waals surface area contributed by atoms with E-state index in [0.717, 1.165) is 31.8 Å². The van der Waals surface area contributed by atoms with Crippen LogP contribution in [0.25, 0.3) is 0 Å². The number of hydrogen-bond acceptors (Lipinski definition) is 3. The van der Waals surface area contributed by atoms with Crippen LogP contribution in [0.1, 0.15) is 19.3 Å². The van der Waals surface area contributed by atoms with Crippen LogP contribution in [0, 0.1) is 11.8 Å². The summed E-state index contributed by atoms with van der Waals surface area (Å²) in [7, 11) is 0. The van der Waals surface area contributed by atoms with Gasteiger partial charge in [-0.15, -0.1) is 11.8 Å². The van der Waals surface area contributed by atoms with Gasteiger partial charge in [-0.1, -0.05) is 18.2 Å². The number of ether oxygens (including phenoxy) is 1. The molecule has 3 fully saturated rings. The van der Waals surface area contributed by atoms with Gasteiger partial charge in [0.2, 0.25) is 0 Å². The normalized spacial score (nSPS) is 31.4. The van der Waals surface area contributed by atoms with Crippen molar-refractivity contribution in [1.82, 2.24) is 10.2 Å². The summed E-state index contributed by atoms with van der Waals surface area (Å²) in [6.45, 7) is 2.53. The van der Waals surface area contributed by atoms with Crippen molar-refractivity contribution in [2.45, 2.75) is 36.4 Å². The maximum Gasteiger partial charge on any atom is 0.317 e. The van der Waals surface area contributed by atoms with Crippen molar-refractivity contribution in [1.29, 1.82) is 0 Å². The number of hydrogen-bond donors (Lipinski definition) is 1. The number of nitrogens with zero attached hydrogens (tertiary/aromatic N) is 1. The molecule has 0 radical (unpaired) electrons. The van der Waals surface area contributed by atoms with Crippen LogP contribution in [-0.2, 0) is 4.74 Å². The summed E-state index contributed by atoms with van der Waals surface area (Å²) in [6, 6.07) is 10.5. The van der Waals surface area contributed by atoms with Crippen LogP contribution < -0.4 is 5.32 Å². The number of nitrogens with one attached hydrogen (secondary N) is 1. The first-order valence-electron chi connectivity index (χ1n) is 8.67. The van der Waals surface area contributed by atoms with E-state index in [1.54, 1.807) is 0 Å². The van der Waals surface area contributed by atoms with Crippen LogP contribution in [-0.4, -0.2) is 48.5 Å². The van der Waals surface area contributed by atoms with Gasteiger partial charge >= 0.3 is 6.03 Å². The van der Waals surface area contributed by atoms with Gasteiger partial charge in [-0.05, 0) is 37.1 Å².